The van der Waals surface area contributed by atoms with Crippen molar-refractivity contribution >= 4 is 17.9 Å². The second-order valence-electron chi connectivity index (χ2n) is 19.1. The minimum atomic E-state index is -0.795. The molecule has 70 heavy (non-hydrogen) atoms. The highest BCUT2D eigenvalue weighted by atomic mass is 16.6. The van der Waals surface area contributed by atoms with Crippen molar-refractivity contribution in [2.24, 2.45) is 0 Å². The summed E-state index contributed by atoms with van der Waals surface area (Å²) in [6.07, 6.45) is 77.0. The number of allylic oxidation sites excluding steroid dienone is 16. The van der Waals surface area contributed by atoms with Crippen molar-refractivity contribution in [1.29, 1.82) is 0 Å². The van der Waals surface area contributed by atoms with Gasteiger partial charge in [-0.3, -0.25) is 14.4 Å². The second kappa shape index (κ2) is 57.9. The maximum Gasteiger partial charge on any atom is 0.306 e. The Morgan fingerprint density at radius 3 is 0.900 bits per heavy atom. The molecule has 0 radical (unpaired) electrons. The number of hydrogen-bond donors (Lipinski definition) is 0. The smallest absolute Gasteiger partial charge is 0.306 e. The summed E-state index contributed by atoms with van der Waals surface area (Å²) >= 11 is 0. The van der Waals surface area contributed by atoms with Crippen molar-refractivity contribution in [2.75, 3.05) is 13.2 Å². The molecule has 0 aromatic carbocycles. The quantitative estimate of drug-likeness (QED) is 0.0262. The van der Waals surface area contributed by atoms with Crippen LogP contribution in [0.2, 0.25) is 0 Å². The largest absolute Gasteiger partial charge is 0.462 e. The zero-order chi connectivity index (χ0) is 50.7. The molecule has 1 unspecified atom stereocenters. The second-order valence-corrected chi connectivity index (χ2v) is 19.1. The molecule has 1 atom stereocenters. The minimum absolute atomic E-state index is 0.0916. The lowest BCUT2D eigenvalue weighted by Crippen LogP contribution is -2.30. The van der Waals surface area contributed by atoms with Crippen LogP contribution in [0.5, 0.6) is 0 Å². The van der Waals surface area contributed by atoms with Gasteiger partial charge >= 0.3 is 17.9 Å². The molecule has 0 aromatic heterocycles. The lowest BCUT2D eigenvalue weighted by molar-refractivity contribution is -0.167. The van der Waals surface area contributed by atoms with Crippen LogP contribution in [-0.4, -0.2) is 37.2 Å². The van der Waals surface area contributed by atoms with Gasteiger partial charge in [0.05, 0.1) is 0 Å². The number of ether oxygens (including phenoxy) is 3. The number of rotatable bonds is 52. The third kappa shape index (κ3) is 55.3. The minimum Gasteiger partial charge on any atom is -0.462 e. The van der Waals surface area contributed by atoms with Crippen LogP contribution >= 0.6 is 0 Å². The van der Waals surface area contributed by atoms with Gasteiger partial charge in [0.15, 0.2) is 6.10 Å². The molecule has 6 nitrogen and oxygen atoms in total. The first-order valence-corrected chi connectivity index (χ1v) is 29.2. The lowest BCUT2D eigenvalue weighted by Gasteiger charge is -2.18. The van der Waals surface area contributed by atoms with Crippen LogP contribution in [0.25, 0.3) is 0 Å². The molecule has 0 aliphatic carbocycles. The lowest BCUT2D eigenvalue weighted by atomic mass is 10.0. The molecule has 0 amide bonds. The Labute approximate surface area is 432 Å². The molecule has 400 valence electrons. The Kier molecular flexibility index (Phi) is 54.9. The van der Waals surface area contributed by atoms with Crippen LogP contribution in [0, 0.1) is 0 Å². The van der Waals surface area contributed by atoms with E-state index in [0.29, 0.717) is 19.3 Å². The normalized spacial score (nSPS) is 12.8. The summed E-state index contributed by atoms with van der Waals surface area (Å²) in [7, 11) is 0. The number of esters is 3. The molecule has 0 fully saturated rings. The Morgan fingerprint density at radius 1 is 0.300 bits per heavy atom. The zero-order valence-corrected chi connectivity index (χ0v) is 45.8. The molecule has 0 aliphatic heterocycles. The van der Waals surface area contributed by atoms with Gasteiger partial charge < -0.3 is 14.2 Å². The molecule has 0 saturated carbocycles. The van der Waals surface area contributed by atoms with Gasteiger partial charge in [0.1, 0.15) is 13.2 Å². The summed E-state index contributed by atoms with van der Waals surface area (Å²) in [5.74, 6) is -0.928. The van der Waals surface area contributed by atoms with Crippen LogP contribution in [-0.2, 0) is 28.6 Å². The Bertz CT molecular complexity index is 1400. The molecule has 0 spiro atoms. The van der Waals surface area contributed by atoms with Crippen LogP contribution in [0.3, 0.4) is 0 Å². The fourth-order valence-corrected chi connectivity index (χ4v) is 7.97. The summed E-state index contributed by atoms with van der Waals surface area (Å²) in [4.78, 5) is 38.1. The van der Waals surface area contributed by atoms with Gasteiger partial charge in [-0.2, -0.15) is 0 Å². The first-order chi connectivity index (χ1) is 34.5. The zero-order valence-electron chi connectivity index (χ0n) is 45.8. The molecule has 0 heterocycles. The number of hydrogen-bond acceptors (Lipinski definition) is 6. The molecule has 0 bridgehead atoms. The van der Waals surface area contributed by atoms with Crippen LogP contribution in [0.15, 0.2) is 97.2 Å². The molecule has 0 aromatic rings. The Balaban J connectivity index is 4.24. The predicted octanol–water partition coefficient (Wildman–Crippen LogP) is 19.7. The first kappa shape index (κ1) is 66.3. The molecule has 0 N–H and O–H groups in total. The molecule has 0 saturated heterocycles. The van der Waals surface area contributed by atoms with E-state index < -0.39 is 6.10 Å². The van der Waals surface area contributed by atoms with E-state index in [1.807, 2.05) is 0 Å². The maximum absolute atomic E-state index is 12.8. The van der Waals surface area contributed by atoms with Gasteiger partial charge in [-0.1, -0.05) is 234 Å². The van der Waals surface area contributed by atoms with Crippen LogP contribution in [0.1, 0.15) is 271 Å². The monoisotopic (exact) mass is 973 g/mol. The maximum atomic E-state index is 12.8. The fraction of sp³-hybridized carbons (Fsp3) is 0.703. The van der Waals surface area contributed by atoms with Crippen molar-refractivity contribution in [3.05, 3.63) is 97.2 Å². The molecular formula is C64H108O6. The van der Waals surface area contributed by atoms with Crippen molar-refractivity contribution < 1.29 is 28.6 Å². The number of carbonyl (C=O) groups excluding carboxylic acids is 3. The highest BCUT2D eigenvalue weighted by Gasteiger charge is 2.19. The average molecular weight is 974 g/mol. The van der Waals surface area contributed by atoms with E-state index in [1.165, 1.54) is 116 Å². The van der Waals surface area contributed by atoms with Crippen molar-refractivity contribution in [2.45, 2.75) is 277 Å². The SMILES string of the molecule is CC/C=C\C/C=C\C/C=C\C/C=C\CCCCCCCCCCCCCCCCC(=O)OCC(COC(=O)CCCCCCC/C=C\CCCCC)OC(=O)CCCCC/C=C\C/C=C\C/C=C\CC. The molecule has 6 heteroatoms. The highest BCUT2D eigenvalue weighted by molar-refractivity contribution is 5.71. The van der Waals surface area contributed by atoms with E-state index in [0.717, 1.165) is 116 Å². The molecular weight excluding hydrogens is 865 g/mol. The van der Waals surface area contributed by atoms with E-state index in [2.05, 4.69) is 118 Å². The summed E-state index contributed by atoms with van der Waals surface area (Å²) in [5.41, 5.74) is 0. The highest BCUT2D eigenvalue weighted by Crippen LogP contribution is 2.15. The summed E-state index contributed by atoms with van der Waals surface area (Å²) in [5, 5.41) is 0. The Morgan fingerprint density at radius 2 is 0.557 bits per heavy atom. The van der Waals surface area contributed by atoms with E-state index in [1.54, 1.807) is 0 Å². The van der Waals surface area contributed by atoms with Crippen LogP contribution < -0.4 is 0 Å². The van der Waals surface area contributed by atoms with E-state index in [4.69, 9.17) is 14.2 Å². The topological polar surface area (TPSA) is 78.9 Å². The van der Waals surface area contributed by atoms with Crippen molar-refractivity contribution in [3.8, 4) is 0 Å². The van der Waals surface area contributed by atoms with Crippen LogP contribution in [0.4, 0.5) is 0 Å². The van der Waals surface area contributed by atoms with Gasteiger partial charge in [-0.15, -0.1) is 0 Å². The van der Waals surface area contributed by atoms with Crippen molar-refractivity contribution in [3.63, 3.8) is 0 Å². The predicted molar refractivity (Wildman–Crippen MR) is 302 cm³/mol. The van der Waals surface area contributed by atoms with Gasteiger partial charge in [0.25, 0.3) is 0 Å². The third-order valence-electron chi connectivity index (χ3n) is 12.3. The number of unbranched alkanes of at least 4 members (excludes halogenated alkanes) is 25. The van der Waals surface area contributed by atoms with Gasteiger partial charge in [-0.25, -0.2) is 0 Å². The summed E-state index contributed by atoms with van der Waals surface area (Å²) in [6.45, 7) is 6.36. The van der Waals surface area contributed by atoms with E-state index in [9.17, 15) is 14.4 Å². The summed E-state index contributed by atoms with van der Waals surface area (Å²) in [6, 6.07) is 0. The fourth-order valence-electron chi connectivity index (χ4n) is 7.97. The van der Waals surface area contributed by atoms with Gasteiger partial charge in [-0.05, 0) is 116 Å². The van der Waals surface area contributed by atoms with Gasteiger partial charge in [0, 0.05) is 19.3 Å². The van der Waals surface area contributed by atoms with E-state index >= 15 is 0 Å². The summed E-state index contributed by atoms with van der Waals surface area (Å²) < 4.78 is 16.8. The molecule has 0 rings (SSSR count). The third-order valence-corrected chi connectivity index (χ3v) is 12.3. The Hall–Kier alpha value is -3.67. The number of carbonyl (C=O) groups is 3. The molecule has 0 aliphatic rings. The standard InChI is InChI=1S/C64H108O6/c1-4-7-10-13-16-19-22-25-26-27-28-29-30-31-32-33-34-35-36-37-38-40-42-45-48-51-54-57-63(66)69-60-61(59-68-62(65)56-53-50-47-44-41-24-21-18-15-12-9-6-3)70-64(67)58-55-52-49-46-43-39-23-20-17-14-11-8-5-2/h7-8,10-11,16-21,25-26,28-29,39,43,61H,4-6,9,12-15,22-24,27,30-38,40-42,44-60H2,1-3H3/b10-7-,11-8-,19-16-,20-17-,21-18-,26-25-,29-28-,43-39-. The van der Waals surface area contributed by atoms with E-state index in [-0.39, 0.29) is 31.1 Å². The first-order valence-electron chi connectivity index (χ1n) is 29.2. The average Bonchev–Trinajstić information content (AvgIpc) is 3.36. The van der Waals surface area contributed by atoms with Crippen molar-refractivity contribution in [1.82, 2.24) is 0 Å². The van der Waals surface area contributed by atoms with Gasteiger partial charge in [0.2, 0.25) is 0 Å².